The number of aromatic nitrogens is 2. The second-order valence-electron chi connectivity index (χ2n) is 4.70. The van der Waals surface area contributed by atoms with Gasteiger partial charge in [-0.25, -0.2) is 4.98 Å². The molecule has 0 aliphatic heterocycles. The molecule has 2 aromatic heterocycles. The number of thiazole rings is 1. The predicted molar refractivity (Wildman–Crippen MR) is 83.8 cm³/mol. The predicted octanol–water partition coefficient (Wildman–Crippen LogP) is 3.17. The fourth-order valence-electron chi connectivity index (χ4n) is 2.03. The van der Waals surface area contributed by atoms with E-state index in [1.165, 1.54) is 0 Å². The molecule has 106 valence electrons. The molecule has 0 aliphatic rings. The van der Waals surface area contributed by atoms with Crippen molar-refractivity contribution in [3.05, 3.63) is 70.4 Å². The molecule has 2 heterocycles. The van der Waals surface area contributed by atoms with E-state index in [1.807, 2.05) is 65.7 Å². The normalized spacial score (nSPS) is 10.5. The average molecular weight is 297 g/mol. The Hall–Kier alpha value is -2.40. The van der Waals surface area contributed by atoms with Crippen LogP contribution in [0, 0.1) is 6.92 Å². The van der Waals surface area contributed by atoms with Gasteiger partial charge in [0.1, 0.15) is 5.01 Å². The van der Waals surface area contributed by atoms with E-state index in [1.54, 1.807) is 11.3 Å². The van der Waals surface area contributed by atoms with Gasteiger partial charge in [-0.3, -0.25) is 4.79 Å². The maximum absolute atomic E-state index is 12.1. The van der Waals surface area contributed by atoms with Crippen molar-refractivity contribution in [1.82, 2.24) is 14.9 Å². The Morgan fingerprint density at radius 2 is 1.95 bits per heavy atom. The molecule has 0 aliphatic carbocycles. The van der Waals surface area contributed by atoms with Crippen molar-refractivity contribution in [3.8, 4) is 5.69 Å². The molecular formula is C16H15N3OS. The van der Waals surface area contributed by atoms with Crippen LogP contribution in [0.1, 0.15) is 21.1 Å². The van der Waals surface area contributed by atoms with E-state index in [2.05, 4.69) is 10.3 Å². The van der Waals surface area contributed by atoms with Crippen molar-refractivity contribution in [1.29, 1.82) is 0 Å². The first kappa shape index (κ1) is 13.6. The summed E-state index contributed by atoms with van der Waals surface area (Å²) in [6.07, 6.45) is 3.94. The van der Waals surface area contributed by atoms with Gasteiger partial charge in [0.25, 0.3) is 5.91 Å². The topological polar surface area (TPSA) is 46.9 Å². The Kier molecular flexibility index (Phi) is 3.83. The number of nitrogens with zero attached hydrogens (tertiary/aromatic N) is 2. The maximum atomic E-state index is 12.1. The molecule has 3 aromatic rings. The highest BCUT2D eigenvalue weighted by Crippen LogP contribution is 2.11. The minimum absolute atomic E-state index is 0.0816. The van der Waals surface area contributed by atoms with Gasteiger partial charge in [-0.2, -0.15) is 0 Å². The summed E-state index contributed by atoms with van der Waals surface area (Å²) in [6, 6.07) is 11.5. The van der Waals surface area contributed by atoms with Crippen LogP contribution in [0.2, 0.25) is 0 Å². The lowest BCUT2D eigenvalue weighted by molar-refractivity contribution is 0.0951. The first-order chi connectivity index (χ1) is 10.2. The molecule has 1 amide bonds. The van der Waals surface area contributed by atoms with Crippen molar-refractivity contribution in [2.45, 2.75) is 13.5 Å². The van der Waals surface area contributed by atoms with Crippen LogP contribution in [0.4, 0.5) is 0 Å². The van der Waals surface area contributed by atoms with E-state index < -0.39 is 0 Å². The second-order valence-corrected chi connectivity index (χ2v) is 5.65. The van der Waals surface area contributed by atoms with E-state index >= 15 is 0 Å². The zero-order chi connectivity index (χ0) is 14.7. The van der Waals surface area contributed by atoms with Crippen molar-refractivity contribution < 1.29 is 4.79 Å². The van der Waals surface area contributed by atoms with Gasteiger partial charge in [0.15, 0.2) is 0 Å². The number of carbonyl (C=O) groups excluding carboxylic acids is 1. The lowest BCUT2D eigenvalue weighted by Gasteiger charge is -2.06. The van der Waals surface area contributed by atoms with Crippen LogP contribution in [-0.4, -0.2) is 15.5 Å². The third-order valence-electron chi connectivity index (χ3n) is 3.10. The molecule has 0 saturated carbocycles. The molecular weight excluding hydrogens is 282 g/mol. The second kappa shape index (κ2) is 5.93. The molecule has 21 heavy (non-hydrogen) atoms. The molecule has 1 aromatic carbocycles. The number of rotatable bonds is 4. The van der Waals surface area contributed by atoms with Crippen LogP contribution >= 0.6 is 11.3 Å². The van der Waals surface area contributed by atoms with Crippen LogP contribution < -0.4 is 5.32 Å². The molecule has 0 spiro atoms. The molecule has 0 unspecified atom stereocenters. The van der Waals surface area contributed by atoms with Crippen molar-refractivity contribution in [2.75, 3.05) is 0 Å². The van der Waals surface area contributed by atoms with Crippen LogP contribution in [0.5, 0.6) is 0 Å². The minimum Gasteiger partial charge on any atom is -0.346 e. The van der Waals surface area contributed by atoms with Gasteiger partial charge >= 0.3 is 0 Å². The first-order valence-corrected chi connectivity index (χ1v) is 7.53. The van der Waals surface area contributed by atoms with Gasteiger partial charge in [0, 0.05) is 34.7 Å². The number of hydrogen-bond donors (Lipinski definition) is 1. The van der Waals surface area contributed by atoms with Crippen molar-refractivity contribution in [3.63, 3.8) is 0 Å². The van der Waals surface area contributed by atoms with Crippen molar-refractivity contribution in [2.24, 2.45) is 0 Å². The average Bonchev–Trinajstić information content (AvgIpc) is 3.16. The Morgan fingerprint density at radius 1 is 1.24 bits per heavy atom. The molecule has 1 N–H and O–H groups in total. The lowest BCUT2D eigenvalue weighted by atomic mass is 10.2. The molecule has 0 atom stereocenters. The summed E-state index contributed by atoms with van der Waals surface area (Å²) in [5, 5.41) is 5.79. The minimum atomic E-state index is -0.0816. The fourth-order valence-corrected chi connectivity index (χ4v) is 2.74. The summed E-state index contributed by atoms with van der Waals surface area (Å²) in [5.41, 5.74) is 2.67. The monoisotopic (exact) mass is 297 g/mol. The largest absolute Gasteiger partial charge is 0.346 e. The Bertz CT molecular complexity index is 729. The summed E-state index contributed by atoms with van der Waals surface area (Å²) in [5.74, 6) is -0.0816. The highest BCUT2D eigenvalue weighted by atomic mass is 32.1. The summed E-state index contributed by atoms with van der Waals surface area (Å²) >= 11 is 1.56. The maximum Gasteiger partial charge on any atom is 0.251 e. The van der Waals surface area contributed by atoms with E-state index in [9.17, 15) is 4.79 Å². The molecule has 4 nitrogen and oxygen atoms in total. The number of carbonyl (C=O) groups is 1. The van der Waals surface area contributed by atoms with Crippen LogP contribution in [0.3, 0.4) is 0 Å². The fraction of sp³-hybridized carbons (Fsp3) is 0.125. The summed E-state index contributed by atoms with van der Waals surface area (Å²) in [7, 11) is 0. The Labute approximate surface area is 127 Å². The van der Waals surface area contributed by atoms with Gasteiger partial charge in [-0.15, -0.1) is 11.3 Å². The van der Waals surface area contributed by atoms with Gasteiger partial charge in [-0.1, -0.05) is 0 Å². The molecule has 0 saturated heterocycles. The zero-order valence-corrected chi connectivity index (χ0v) is 12.4. The number of benzene rings is 1. The van der Waals surface area contributed by atoms with Gasteiger partial charge in [0.05, 0.1) is 6.54 Å². The van der Waals surface area contributed by atoms with Crippen LogP contribution in [-0.2, 0) is 6.54 Å². The van der Waals surface area contributed by atoms with E-state index in [4.69, 9.17) is 0 Å². The quantitative estimate of drug-likeness (QED) is 0.804. The summed E-state index contributed by atoms with van der Waals surface area (Å²) < 4.78 is 2.00. The molecule has 3 rings (SSSR count). The number of amides is 1. The molecule has 0 bridgehead atoms. The highest BCUT2D eigenvalue weighted by Gasteiger charge is 2.07. The summed E-state index contributed by atoms with van der Waals surface area (Å²) in [6.45, 7) is 2.42. The molecule has 5 heteroatoms. The number of hydrogen-bond acceptors (Lipinski definition) is 3. The van der Waals surface area contributed by atoms with E-state index in [0.29, 0.717) is 12.1 Å². The first-order valence-electron chi connectivity index (χ1n) is 6.65. The smallest absolute Gasteiger partial charge is 0.251 e. The highest BCUT2D eigenvalue weighted by molar-refractivity contribution is 7.09. The zero-order valence-electron chi connectivity index (χ0n) is 11.6. The number of aryl methyl sites for hydroxylation is 1. The SMILES string of the molecule is Cc1csc(CNC(=O)c2ccc(-n3cccc3)cc2)n1. The van der Waals surface area contributed by atoms with E-state index in [-0.39, 0.29) is 5.91 Å². The third kappa shape index (κ3) is 3.20. The van der Waals surface area contributed by atoms with Crippen LogP contribution in [0.15, 0.2) is 54.2 Å². The summed E-state index contributed by atoms with van der Waals surface area (Å²) in [4.78, 5) is 16.4. The Morgan fingerprint density at radius 3 is 2.57 bits per heavy atom. The lowest BCUT2D eigenvalue weighted by Crippen LogP contribution is -2.22. The van der Waals surface area contributed by atoms with Gasteiger partial charge < -0.3 is 9.88 Å². The molecule has 0 radical (unpaired) electrons. The van der Waals surface area contributed by atoms with E-state index in [0.717, 1.165) is 16.4 Å². The molecule has 0 fully saturated rings. The van der Waals surface area contributed by atoms with Crippen LogP contribution in [0.25, 0.3) is 5.69 Å². The van der Waals surface area contributed by atoms with Crippen molar-refractivity contribution >= 4 is 17.2 Å². The number of nitrogens with one attached hydrogen (secondary N) is 1. The standard InChI is InChI=1S/C16H15N3OS/c1-12-11-21-15(18-12)10-17-16(20)13-4-6-14(7-5-13)19-8-2-3-9-19/h2-9,11H,10H2,1H3,(H,17,20). The van der Waals surface area contributed by atoms with Gasteiger partial charge in [-0.05, 0) is 43.3 Å². The Balaban J connectivity index is 1.65. The van der Waals surface area contributed by atoms with Gasteiger partial charge in [0.2, 0.25) is 0 Å². The third-order valence-corrected chi connectivity index (χ3v) is 4.07.